The maximum absolute atomic E-state index is 11.8. The van der Waals surface area contributed by atoms with Crippen LogP contribution in [0.3, 0.4) is 0 Å². The number of pyridine rings is 1. The van der Waals surface area contributed by atoms with Gasteiger partial charge in [0.2, 0.25) is 0 Å². The summed E-state index contributed by atoms with van der Waals surface area (Å²) in [6.07, 6.45) is 5.67. The van der Waals surface area contributed by atoms with Gasteiger partial charge in [-0.1, -0.05) is 26.0 Å². The molecule has 2 heterocycles. The topological polar surface area (TPSA) is 45.2 Å². The van der Waals surface area contributed by atoms with Crippen LogP contribution in [-0.4, -0.2) is 22.4 Å². The van der Waals surface area contributed by atoms with Gasteiger partial charge in [0.15, 0.2) is 4.90 Å². The van der Waals surface area contributed by atoms with Crippen LogP contribution < -0.4 is 4.74 Å². The maximum Gasteiger partial charge on any atom is 0.153 e. The zero-order valence-electron chi connectivity index (χ0n) is 13.0. The molecule has 1 aliphatic heterocycles. The summed E-state index contributed by atoms with van der Waals surface area (Å²) in [5.41, 5.74) is 2.79. The molecule has 0 saturated heterocycles. The monoisotopic (exact) mass is 313 g/mol. The highest BCUT2D eigenvalue weighted by Crippen LogP contribution is 2.38. The highest BCUT2D eigenvalue weighted by atomic mass is 32.2. The molecule has 1 aliphatic rings. The van der Waals surface area contributed by atoms with Crippen molar-refractivity contribution in [3.05, 3.63) is 59.9 Å². The summed E-state index contributed by atoms with van der Waals surface area (Å²) in [5.74, 6) is 0.816. The number of benzene rings is 1. The van der Waals surface area contributed by atoms with E-state index >= 15 is 0 Å². The van der Waals surface area contributed by atoms with Crippen LogP contribution in [0.4, 0.5) is 0 Å². The fourth-order valence-electron chi connectivity index (χ4n) is 2.53. The van der Waals surface area contributed by atoms with Gasteiger partial charge in [-0.25, -0.2) is 0 Å². The average Bonchev–Trinajstić information content (AvgIpc) is 2.64. The fraction of sp³-hybridized carbons (Fsp3) is 0.278. The van der Waals surface area contributed by atoms with E-state index in [1.807, 2.05) is 36.4 Å². The van der Waals surface area contributed by atoms with Crippen molar-refractivity contribution in [2.75, 3.05) is 12.9 Å². The lowest BCUT2D eigenvalue weighted by Crippen LogP contribution is -2.17. The molecule has 0 fully saturated rings. The lowest BCUT2D eigenvalue weighted by Gasteiger charge is -2.18. The first-order chi connectivity index (χ1) is 10.5. The predicted octanol–water partition coefficient (Wildman–Crippen LogP) is 3.67. The van der Waals surface area contributed by atoms with E-state index in [0.717, 1.165) is 27.5 Å². The molecule has 1 unspecified atom stereocenters. The normalized spacial score (nSPS) is 17.7. The van der Waals surface area contributed by atoms with Gasteiger partial charge < -0.3 is 9.29 Å². The third-order valence-electron chi connectivity index (χ3n) is 3.65. The quantitative estimate of drug-likeness (QED) is 0.795. The lowest BCUT2D eigenvalue weighted by atomic mass is 9.89. The Morgan fingerprint density at radius 2 is 2.05 bits per heavy atom. The number of aromatic nitrogens is 1. The Hall–Kier alpha value is -1.78. The Labute approximate surface area is 134 Å². The van der Waals surface area contributed by atoms with Crippen LogP contribution in [0.25, 0.3) is 5.57 Å². The largest absolute Gasteiger partial charge is 0.612 e. The average molecular weight is 313 g/mol. The van der Waals surface area contributed by atoms with Crippen LogP contribution in [0.15, 0.2) is 53.6 Å². The zero-order valence-corrected chi connectivity index (χ0v) is 13.8. The minimum atomic E-state index is -1.03. The standard InChI is InChI=1S/C18H19NO2S/c1-18(2)11-15(16-6-4-5-9-19-16)14-10-13(22(3)20)7-8-17(14)21-12-18/h4-11H,12H2,1-3H3. The van der Waals surface area contributed by atoms with Crippen molar-refractivity contribution in [1.29, 1.82) is 0 Å². The van der Waals surface area contributed by atoms with E-state index < -0.39 is 11.2 Å². The molecule has 2 aromatic rings. The van der Waals surface area contributed by atoms with Crippen LogP contribution in [0.5, 0.6) is 5.75 Å². The molecule has 3 nitrogen and oxygen atoms in total. The Balaban J connectivity index is 2.21. The number of fused-ring (bicyclic) bond motifs is 1. The van der Waals surface area contributed by atoms with Crippen molar-refractivity contribution in [3.63, 3.8) is 0 Å². The van der Waals surface area contributed by atoms with Crippen molar-refractivity contribution >= 4 is 16.7 Å². The van der Waals surface area contributed by atoms with Crippen molar-refractivity contribution in [2.45, 2.75) is 18.7 Å². The molecule has 0 bridgehead atoms. The van der Waals surface area contributed by atoms with E-state index in [1.54, 1.807) is 12.5 Å². The van der Waals surface area contributed by atoms with Crippen molar-refractivity contribution < 1.29 is 9.29 Å². The van der Waals surface area contributed by atoms with Crippen molar-refractivity contribution in [3.8, 4) is 5.75 Å². The first-order valence-corrected chi connectivity index (χ1v) is 8.77. The Morgan fingerprint density at radius 1 is 1.23 bits per heavy atom. The summed E-state index contributed by atoms with van der Waals surface area (Å²) < 4.78 is 17.8. The summed E-state index contributed by atoms with van der Waals surface area (Å²) >= 11 is -1.03. The highest BCUT2D eigenvalue weighted by Gasteiger charge is 2.26. The van der Waals surface area contributed by atoms with Crippen molar-refractivity contribution in [1.82, 2.24) is 4.98 Å². The Kier molecular flexibility index (Phi) is 3.98. The predicted molar refractivity (Wildman–Crippen MR) is 89.4 cm³/mol. The lowest BCUT2D eigenvalue weighted by molar-refractivity contribution is 0.225. The summed E-state index contributed by atoms with van der Waals surface area (Å²) in [7, 11) is 0. The van der Waals surface area contributed by atoms with Gasteiger partial charge in [-0.2, -0.15) is 0 Å². The number of hydrogen-bond donors (Lipinski definition) is 0. The SMILES string of the molecule is C[S+]([O-])c1ccc2c(c1)C(c1ccccn1)=CC(C)(C)CO2. The molecule has 3 rings (SSSR count). The third kappa shape index (κ3) is 3.03. The Bertz CT molecular complexity index is 708. The number of nitrogens with zero attached hydrogens (tertiary/aromatic N) is 1. The Morgan fingerprint density at radius 3 is 2.73 bits per heavy atom. The molecule has 0 aliphatic carbocycles. The minimum Gasteiger partial charge on any atom is -0.612 e. The number of ether oxygens (including phenoxy) is 1. The molecular weight excluding hydrogens is 294 g/mol. The molecule has 114 valence electrons. The zero-order chi connectivity index (χ0) is 15.7. The molecule has 4 heteroatoms. The molecule has 0 saturated carbocycles. The van der Waals surface area contributed by atoms with Gasteiger partial charge in [0.1, 0.15) is 12.0 Å². The van der Waals surface area contributed by atoms with Crippen LogP contribution in [0.1, 0.15) is 25.1 Å². The smallest absolute Gasteiger partial charge is 0.153 e. The second-order valence-corrected chi connectivity index (χ2v) is 7.54. The van der Waals surface area contributed by atoms with Crippen LogP contribution in [-0.2, 0) is 11.2 Å². The molecule has 0 spiro atoms. The summed E-state index contributed by atoms with van der Waals surface area (Å²) in [6.45, 7) is 4.88. The minimum absolute atomic E-state index is 0.0998. The van der Waals surface area contributed by atoms with E-state index in [-0.39, 0.29) is 5.41 Å². The molecule has 22 heavy (non-hydrogen) atoms. The fourth-order valence-corrected chi connectivity index (χ4v) is 3.08. The van der Waals surface area contributed by atoms with Crippen LogP contribution >= 0.6 is 0 Å². The van der Waals surface area contributed by atoms with E-state index in [1.165, 1.54) is 0 Å². The number of hydrogen-bond acceptors (Lipinski definition) is 3. The highest BCUT2D eigenvalue weighted by molar-refractivity contribution is 7.90. The summed E-state index contributed by atoms with van der Waals surface area (Å²) in [5, 5.41) is 0. The van der Waals surface area contributed by atoms with E-state index in [2.05, 4.69) is 24.9 Å². The second kappa shape index (κ2) is 5.78. The first kappa shape index (κ1) is 15.1. The van der Waals surface area contributed by atoms with Gasteiger partial charge in [-0.05, 0) is 35.4 Å². The van der Waals surface area contributed by atoms with Gasteiger partial charge >= 0.3 is 0 Å². The van der Waals surface area contributed by atoms with Crippen LogP contribution in [0.2, 0.25) is 0 Å². The molecule has 0 N–H and O–H groups in total. The number of rotatable bonds is 2. The second-order valence-electron chi connectivity index (χ2n) is 6.16. The summed E-state index contributed by atoms with van der Waals surface area (Å²) in [4.78, 5) is 5.28. The van der Waals surface area contributed by atoms with Gasteiger partial charge in [0.25, 0.3) is 0 Å². The molecule has 0 amide bonds. The summed E-state index contributed by atoms with van der Waals surface area (Å²) in [6, 6.07) is 11.6. The molecule has 0 radical (unpaired) electrons. The van der Waals surface area contributed by atoms with Crippen molar-refractivity contribution in [2.24, 2.45) is 5.41 Å². The van der Waals surface area contributed by atoms with Gasteiger partial charge in [-0.15, -0.1) is 0 Å². The van der Waals surface area contributed by atoms with E-state index in [9.17, 15) is 4.55 Å². The molecule has 1 aromatic heterocycles. The maximum atomic E-state index is 11.8. The van der Waals surface area contributed by atoms with Gasteiger partial charge in [0, 0.05) is 28.8 Å². The van der Waals surface area contributed by atoms with E-state index in [4.69, 9.17) is 4.74 Å². The first-order valence-electron chi connectivity index (χ1n) is 7.21. The molecule has 1 aromatic carbocycles. The molecule has 1 atom stereocenters. The molecular formula is C18H19NO2S. The van der Waals surface area contributed by atoms with Gasteiger partial charge in [0.05, 0.1) is 12.3 Å². The van der Waals surface area contributed by atoms with Gasteiger partial charge in [-0.3, -0.25) is 4.98 Å². The van der Waals surface area contributed by atoms with Crippen LogP contribution in [0, 0.1) is 5.41 Å². The van der Waals surface area contributed by atoms with E-state index in [0.29, 0.717) is 6.61 Å². The third-order valence-corrected chi connectivity index (χ3v) is 4.57.